The number of nitrogens with zero attached hydrogens (tertiary/aromatic N) is 1. The molecule has 2 heteroatoms. The molecule has 0 unspecified atom stereocenters. The third-order valence-corrected chi connectivity index (χ3v) is 2.82. The molecule has 16 heavy (non-hydrogen) atoms. The summed E-state index contributed by atoms with van der Waals surface area (Å²) in [5.74, 6) is 0. The Morgan fingerprint density at radius 2 is 2.00 bits per heavy atom. The molecule has 0 amide bonds. The van der Waals surface area contributed by atoms with Crippen molar-refractivity contribution in [2.24, 2.45) is 5.41 Å². The highest BCUT2D eigenvalue weighted by molar-refractivity contribution is 5.50. The van der Waals surface area contributed by atoms with Crippen LogP contribution in [0, 0.1) is 23.7 Å². The zero-order chi connectivity index (χ0) is 12.0. The predicted octanol–water partition coefficient (Wildman–Crippen LogP) is 3.74. The SMILES string of the molecule is Cc1ccccc1NCC(C)(C)CCC#N. The van der Waals surface area contributed by atoms with Crippen LogP contribution in [0.25, 0.3) is 0 Å². The lowest BCUT2D eigenvalue weighted by atomic mass is 9.88. The summed E-state index contributed by atoms with van der Waals surface area (Å²) >= 11 is 0. The van der Waals surface area contributed by atoms with Gasteiger partial charge in [0.05, 0.1) is 6.07 Å². The van der Waals surface area contributed by atoms with Crippen LogP contribution in [0.3, 0.4) is 0 Å². The van der Waals surface area contributed by atoms with E-state index >= 15 is 0 Å². The molecule has 0 atom stereocenters. The van der Waals surface area contributed by atoms with Crippen molar-refractivity contribution in [3.8, 4) is 6.07 Å². The van der Waals surface area contributed by atoms with Gasteiger partial charge in [-0.05, 0) is 30.4 Å². The lowest BCUT2D eigenvalue weighted by Crippen LogP contribution is -2.23. The van der Waals surface area contributed by atoms with Gasteiger partial charge in [0.25, 0.3) is 0 Å². The van der Waals surface area contributed by atoms with E-state index in [-0.39, 0.29) is 5.41 Å². The van der Waals surface area contributed by atoms with Gasteiger partial charge in [-0.1, -0.05) is 32.0 Å². The normalized spacial score (nSPS) is 10.9. The van der Waals surface area contributed by atoms with Gasteiger partial charge in [-0.15, -0.1) is 0 Å². The summed E-state index contributed by atoms with van der Waals surface area (Å²) in [7, 11) is 0. The number of hydrogen-bond donors (Lipinski definition) is 1. The van der Waals surface area contributed by atoms with Crippen LogP contribution in [-0.2, 0) is 0 Å². The van der Waals surface area contributed by atoms with Crippen LogP contribution in [0.1, 0.15) is 32.3 Å². The van der Waals surface area contributed by atoms with Crippen LogP contribution < -0.4 is 5.32 Å². The molecule has 86 valence electrons. The highest BCUT2D eigenvalue weighted by Gasteiger charge is 2.17. The van der Waals surface area contributed by atoms with Crippen LogP contribution in [-0.4, -0.2) is 6.54 Å². The van der Waals surface area contributed by atoms with E-state index in [1.807, 2.05) is 12.1 Å². The molecule has 2 nitrogen and oxygen atoms in total. The molecular formula is C14H20N2. The fraction of sp³-hybridized carbons (Fsp3) is 0.500. The standard InChI is InChI=1S/C14H20N2/c1-12-7-4-5-8-13(12)16-11-14(2,3)9-6-10-15/h4-5,7-8,16H,6,9,11H2,1-3H3. The van der Waals surface area contributed by atoms with Crippen molar-refractivity contribution in [3.05, 3.63) is 29.8 Å². The second kappa shape index (κ2) is 5.55. The first-order valence-electron chi connectivity index (χ1n) is 5.72. The maximum Gasteiger partial charge on any atom is 0.0621 e. The second-order valence-electron chi connectivity index (χ2n) is 4.99. The molecule has 1 aromatic carbocycles. The lowest BCUT2D eigenvalue weighted by molar-refractivity contribution is 0.364. The van der Waals surface area contributed by atoms with Gasteiger partial charge < -0.3 is 5.32 Å². The molecule has 1 rings (SSSR count). The van der Waals surface area contributed by atoms with Crippen molar-refractivity contribution >= 4 is 5.69 Å². The maximum absolute atomic E-state index is 8.59. The minimum Gasteiger partial charge on any atom is -0.384 e. The minimum atomic E-state index is 0.165. The molecule has 0 saturated heterocycles. The molecule has 0 aliphatic rings. The van der Waals surface area contributed by atoms with Crippen LogP contribution in [0.5, 0.6) is 0 Å². The number of aryl methyl sites for hydroxylation is 1. The van der Waals surface area contributed by atoms with Gasteiger partial charge in [0.2, 0.25) is 0 Å². The molecule has 0 bridgehead atoms. The van der Waals surface area contributed by atoms with Gasteiger partial charge in [-0.25, -0.2) is 0 Å². The Bertz CT molecular complexity index is 375. The molecule has 1 N–H and O–H groups in total. The summed E-state index contributed by atoms with van der Waals surface area (Å²) in [6.45, 7) is 7.38. The second-order valence-corrected chi connectivity index (χ2v) is 4.99. The molecule has 0 aromatic heterocycles. The number of para-hydroxylation sites is 1. The quantitative estimate of drug-likeness (QED) is 0.814. The number of anilines is 1. The summed E-state index contributed by atoms with van der Waals surface area (Å²) in [6, 6.07) is 10.5. The summed E-state index contributed by atoms with van der Waals surface area (Å²) in [4.78, 5) is 0. The third-order valence-electron chi connectivity index (χ3n) is 2.82. The smallest absolute Gasteiger partial charge is 0.0621 e. The fourth-order valence-corrected chi connectivity index (χ4v) is 1.59. The van der Waals surface area contributed by atoms with E-state index in [9.17, 15) is 0 Å². The van der Waals surface area contributed by atoms with Crippen LogP contribution >= 0.6 is 0 Å². The Hall–Kier alpha value is -1.49. The molecule has 0 aliphatic heterocycles. The Balaban J connectivity index is 2.51. The number of rotatable bonds is 5. The minimum absolute atomic E-state index is 0.165. The summed E-state index contributed by atoms with van der Waals surface area (Å²) in [5.41, 5.74) is 2.61. The van der Waals surface area contributed by atoms with Gasteiger partial charge in [0.15, 0.2) is 0 Å². The maximum atomic E-state index is 8.59. The molecule has 0 spiro atoms. The highest BCUT2D eigenvalue weighted by atomic mass is 14.9. The van der Waals surface area contributed by atoms with Crippen molar-refractivity contribution < 1.29 is 0 Å². The highest BCUT2D eigenvalue weighted by Crippen LogP contribution is 2.23. The van der Waals surface area contributed by atoms with Crippen molar-refractivity contribution in [1.82, 2.24) is 0 Å². The van der Waals surface area contributed by atoms with E-state index < -0.39 is 0 Å². The van der Waals surface area contributed by atoms with E-state index in [4.69, 9.17) is 5.26 Å². The van der Waals surface area contributed by atoms with E-state index in [1.165, 1.54) is 11.3 Å². The number of nitriles is 1. The summed E-state index contributed by atoms with van der Waals surface area (Å²) < 4.78 is 0. The Labute approximate surface area is 98.3 Å². The molecular weight excluding hydrogens is 196 g/mol. The van der Waals surface area contributed by atoms with E-state index in [2.05, 4.69) is 44.3 Å². The van der Waals surface area contributed by atoms with E-state index in [1.54, 1.807) is 0 Å². The average molecular weight is 216 g/mol. The molecule has 0 radical (unpaired) electrons. The number of hydrogen-bond acceptors (Lipinski definition) is 2. The Morgan fingerprint density at radius 3 is 2.62 bits per heavy atom. The average Bonchev–Trinajstić information content (AvgIpc) is 2.26. The largest absolute Gasteiger partial charge is 0.384 e. The Morgan fingerprint density at radius 1 is 1.31 bits per heavy atom. The number of benzene rings is 1. The molecule has 0 aliphatic carbocycles. The molecule has 0 heterocycles. The van der Waals surface area contributed by atoms with Crippen LogP contribution in [0.4, 0.5) is 5.69 Å². The van der Waals surface area contributed by atoms with E-state index in [0.717, 1.165) is 13.0 Å². The predicted molar refractivity (Wildman–Crippen MR) is 68.3 cm³/mol. The zero-order valence-corrected chi connectivity index (χ0v) is 10.4. The van der Waals surface area contributed by atoms with Gasteiger partial charge in [-0.2, -0.15) is 5.26 Å². The van der Waals surface area contributed by atoms with Crippen molar-refractivity contribution in [3.63, 3.8) is 0 Å². The van der Waals surface area contributed by atoms with Crippen LogP contribution in [0.15, 0.2) is 24.3 Å². The zero-order valence-electron chi connectivity index (χ0n) is 10.4. The van der Waals surface area contributed by atoms with Crippen LogP contribution in [0.2, 0.25) is 0 Å². The van der Waals surface area contributed by atoms with Crippen molar-refractivity contribution in [1.29, 1.82) is 5.26 Å². The Kier molecular flexibility index (Phi) is 4.37. The fourth-order valence-electron chi connectivity index (χ4n) is 1.59. The topological polar surface area (TPSA) is 35.8 Å². The van der Waals surface area contributed by atoms with Crippen molar-refractivity contribution in [2.75, 3.05) is 11.9 Å². The summed E-state index contributed by atoms with van der Waals surface area (Å²) in [6.07, 6.45) is 1.56. The molecule has 1 aromatic rings. The molecule has 0 saturated carbocycles. The summed E-state index contributed by atoms with van der Waals surface area (Å²) in [5, 5.41) is 12.0. The van der Waals surface area contributed by atoms with E-state index in [0.29, 0.717) is 6.42 Å². The number of nitrogens with one attached hydrogen (secondary N) is 1. The molecule has 0 fully saturated rings. The first kappa shape index (κ1) is 12.6. The first-order chi connectivity index (χ1) is 7.55. The third kappa shape index (κ3) is 3.94. The van der Waals surface area contributed by atoms with Gasteiger partial charge in [0.1, 0.15) is 0 Å². The van der Waals surface area contributed by atoms with Gasteiger partial charge in [0, 0.05) is 18.7 Å². The lowest BCUT2D eigenvalue weighted by Gasteiger charge is -2.25. The van der Waals surface area contributed by atoms with Crippen molar-refractivity contribution in [2.45, 2.75) is 33.6 Å². The van der Waals surface area contributed by atoms with Gasteiger partial charge in [-0.3, -0.25) is 0 Å². The first-order valence-corrected chi connectivity index (χ1v) is 5.72. The monoisotopic (exact) mass is 216 g/mol. The van der Waals surface area contributed by atoms with Gasteiger partial charge >= 0.3 is 0 Å².